The van der Waals surface area contributed by atoms with Crippen LogP contribution in [0.3, 0.4) is 0 Å². The van der Waals surface area contributed by atoms with Gasteiger partial charge >= 0.3 is 12.1 Å². The third-order valence-corrected chi connectivity index (χ3v) is 1.37. The van der Waals surface area contributed by atoms with Gasteiger partial charge in [-0.1, -0.05) is 0 Å². The Morgan fingerprint density at radius 3 is 2.73 bits per heavy atom. The largest absolute Gasteiger partial charge is 0.491 e. The summed E-state index contributed by atoms with van der Waals surface area (Å²) < 4.78 is 40.6. The van der Waals surface area contributed by atoms with Crippen molar-refractivity contribution in [1.29, 1.82) is 0 Å². The molecule has 0 aliphatic carbocycles. The van der Waals surface area contributed by atoms with Crippen molar-refractivity contribution in [1.82, 2.24) is 9.78 Å². The fraction of sp³-hybridized carbons (Fsp3) is 0.333. The lowest BCUT2D eigenvalue weighted by Gasteiger charge is -2.05. The number of alkyl halides is 3. The zero-order valence-corrected chi connectivity index (χ0v) is 7.50. The van der Waals surface area contributed by atoms with Crippen LogP contribution in [0.25, 0.3) is 0 Å². The number of aryl methyl sites for hydroxylation is 1. The third-order valence-electron chi connectivity index (χ3n) is 1.37. The minimum absolute atomic E-state index is 0.0184. The van der Waals surface area contributed by atoms with E-state index in [-0.39, 0.29) is 5.69 Å². The number of anilines is 1. The first-order chi connectivity index (χ1) is 6.84. The first kappa shape index (κ1) is 11.3. The second-order valence-electron chi connectivity index (χ2n) is 2.55. The van der Waals surface area contributed by atoms with Gasteiger partial charge in [-0.3, -0.25) is 10.5 Å². The van der Waals surface area contributed by atoms with Crippen LogP contribution >= 0.6 is 0 Å². The average molecular weight is 224 g/mol. The fourth-order valence-corrected chi connectivity index (χ4v) is 0.788. The molecular formula is C6H7F3N4O2. The highest BCUT2D eigenvalue weighted by Gasteiger charge is 2.42. The van der Waals surface area contributed by atoms with Crippen molar-refractivity contribution in [3.05, 3.63) is 6.20 Å². The molecular weight excluding hydrogens is 217 g/mol. The standard InChI is InChI=1S/C6H7F3N4O2/c1-13-2-3(11-10)4(12-13)15-5(14)6(7,8)9/h2,11H,10H2,1H3. The Bertz CT molecular complexity index is 373. The molecule has 0 saturated heterocycles. The third kappa shape index (κ3) is 2.59. The first-order valence-corrected chi connectivity index (χ1v) is 3.64. The SMILES string of the molecule is Cn1cc(NN)c(OC(=O)C(F)(F)F)n1. The lowest BCUT2D eigenvalue weighted by atomic mass is 10.5. The van der Waals surface area contributed by atoms with Gasteiger partial charge in [0.2, 0.25) is 0 Å². The molecule has 0 amide bonds. The molecule has 6 nitrogen and oxygen atoms in total. The fourth-order valence-electron chi connectivity index (χ4n) is 0.788. The highest BCUT2D eigenvalue weighted by molar-refractivity contribution is 5.79. The second-order valence-corrected chi connectivity index (χ2v) is 2.55. The minimum Gasteiger partial charge on any atom is -0.397 e. The molecule has 1 heterocycles. The number of aromatic nitrogens is 2. The molecule has 0 spiro atoms. The molecule has 1 aromatic heterocycles. The summed E-state index contributed by atoms with van der Waals surface area (Å²) in [5.74, 6) is 2.10. The van der Waals surface area contributed by atoms with Crippen molar-refractivity contribution in [2.24, 2.45) is 12.9 Å². The molecule has 1 rings (SSSR count). The lowest BCUT2D eigenvalue weighted by Crippen LogP contribution is -2.28. The number of hydrazine groups is 1. The minimum atomic E-state index is -5.07. The number of nitrogens with zero attached hydrogens (tertiary/aromatic N) is 2. The lowest BCUT2D eigenvalue weighted by molar-refractivity contribution is -0.189. The number of ether oxygens (including phenoxy) is 1. The maximum Gasteiger partial charge on any atom is 0.491 e. The number of hydrogen-bond acceptors (Lipinski definition) is 5. The Hall–Kier alpha value is -1.77. The Kier molecular flexibility index (Phi) is 2.84. The molecule has 0 saturated carbocycles. The molecule has 1 aromatic rings. The van der Waals surface area contributed by atoms with Crippen LogP contribution in [0.2, 0.25) is 0 Å². The zero-order valence-electron chi connectivity index (χ0n) is 7.50. The number of esters is 1. The van der Waals surface area contributed by atoms with Crippen LogP contribution in [0.5, 0.6) is 5.88 Å². The van der Waals surface area contributed by atoms with Crippen LogP contribution in [0.15, 0.2) is 6.20 Å². The molecule has 84 valence electrons. The number of nitrogen functional groups attached to an aromatic ring is 1. The summed E-state index contributed by atoms with van der Waals surface area (Å²) >= 11 is 0. The van der Waals surface area contributed by atoms with E-state index >= 15 is 0 Å². The van der Waals surface area contributed by atoms with Gasteiger partial charge in [0.1, 0.15) is 5.69 Å². The Morgan fingerprint density at radius 1 is 1.67 bits per heavy atom. The van der Waals surface area contributed by atoms with Gasteiger partial charge in [0.15, 0.2) is 0 Å². The Balaban J connectivity index is 2.85. The summed E-state index contributed by atoms with van der Waals surface area (Å²) in [7, 11) is 1.44. The van der Waals surface area contributed by atoms with Gasteiger partial charge < -0.3 is 10.2 Å². The van der Waals surface area contributed by atoms with E-state index in [1.807, 2.05) is 5.43 Å². The van der Waals surface area contributed by atoms with Gasteiger partial charge in [0.05, 0.1) is 6.20 Å². The summed E-state index contributed by atoms with van der Waals surface area (Å²) in [5.41, 5.74) is 2.03. The van der Waals surface area contributed by atoms with Crippen molar-refractivity contribution in [3.8, 4) is 5.88 Å². The quantitative estimate of drug-likeness (QED) is 0.425. The molecule has 3 N–H and O–H groups in total. The van der Waals surface area contributed by atoms with E-state index in [1.165, 1.54) is 13.2 Å². The number of carbonyl (C=O) groups excluding carboxylic acids is 1. The van der Waals surface area contributed by atoms with E-state index in [2.05, 4.69) is 9.84 Å². The van der Waals surface area contributed by atoms with Crippen LogP contribution in [-0.2, 0) is 11.8 Å². The van der Waals surface area contributed by atoms with Crippen molar-refractivity contribution in [2.75, 3.05) is 5.43 Å². The van der Waals surface area contributed by atoms with Gasteiger partial charge in [-0.05, 0) is 0 Å². The Labute approximate surface area is 81.8 Å². The molecule has 0 aliphatic rings. The predicted octanol–water partition coefficient (Wildman–Crippen LogP) is 0.173. The van der Waals surface area contributed by atoms with Crippen LogP contribution in [-0.4, -0.2) is 21.9 Å². The number of rotatable bonds is 2. The van der Waals surface area contributed by atoms with Gasteiger partial charge in [-0.2, -0.15) is 13.2 Å². The van der Waals surface area contributed by atoms with Gasteiger partial charge in [-0.15, -0.1) is 5.10 Å². The van der Waals surface area contributed by atoms with Crippen molar-refractivity contribution in [2.45, 2.75) is 6.18 Å². The number of nitrogens with two attached hydrogens (primary N) is 1. The highest BCUT2D eigenvalue weighted by Crippen LogP contribution is 2.24. The van der Waals surface area contributed by atoms with E-state index in [0.29, 0.717) is 0 Å². The van der Waals surface area contributed by atoms with Crippen LogP contribution in [0, 0.1) is 0 Å². The summed E-state index contributed by atoms with van der Waals surface area (Å²) in [6.07, 6.45) is -3.80. The molecule has 9 heteroatoms. The topological polar surface area (TPSA) is 82.2 Å². The smallest absolute Gasteiger partial charge is 0.397 e. The van der Waals surface area contributed by atoms with Crippen molar-refractivity contribution in [3.63, 3.8) is 0 Å². The number of carbonyl (C=O) groups is 1. The maximum atomic E-state index is 11.8. The molecule has 0 bridgehead atoms. The van der Waals surface area contributed by atoms with E-state index in [9.17, 15) is 18.0 Å². The summed E-state index contributed by atoms with van der Waals surface area (Å²) in [6.45, 7) is 0. The molecule has 15 heavy (non-hydrogen) atoms. The van der Waals surface area contributed by atoms with Gasteiger partial charge in [-0.25, -0.2) is 4.79 Å². The monoisotopic (exact) mass is 224 g/mol. The number of nitrogens with one attached hydrogen (secondary N) is 1. The van der Waals surface area contributed by atoms with Crippen LogP contribution in [0.1, 0.15) is 0 Å². The van der Waals surface area contributed by atoms with E-state index in [1.54, 1.807) is 0 Å². The van der Waals surface area contributed by atoms with E-state index in [4.69, 9.17) is 5.84 Å². The van der Waals surface area contributed by atoms with Crippen LogP contribution < -0.4 is 16.0 Å². The van der Waals surface area contributed by atoms with Crippen LogP contribution in [0.4, 0.5) is 18.9 Å². The summed E-state index contributed by atoms with van der Waals surface area (Å²) in [5, 5.41) is 3.47. The number of hydrogen-bond donors (Lipinski definition) is 2. The van der Waals surface area contributed by atoms with Crippen molar-refractivity contribution >= 4 is 11.7 Å². The second kappa shape index (κ2) is 3.77. The average Bonchev–Trinajstić information content (AvgIpc) is 2.44. The van der Waals surface area contributed by atoms with Gasteiger partial charge in [0, 0.05) is 7.05 Å². The van der Waals surface area contributed by atoms with Crippen molar-refractivity contribution < 1.29 is 22.7 Å². The summed E-state index contributed by atoms with van der Waals surface area (Å²) in [4.78, 5) is 10.4. The molecule has 0 aliphatic heterocycles. The molecule has 0 aromatic carbocycles. The molecule has 0 radical (unpaired) electrons. The highest BCUT2D eigenvalue weighted by atomic mass is 19.4. The maximum absolute atomic E-state index is 11.8. The predicted molar refractivity (Wildman–Crippen MR) is 42.7 cm³/mol. The normalized spacial score (nSPS) is 11.3. The van der Waals surface area contributed by atoms with E-state index in [0.717, 1.165) is 4.68 Å². The zero-order chi connectivity index (χ0) is 11.6. The van der Waals surface area contributed by atoms with Gasteiger partial charge in [0.25, 0.3) is 5.88 Å². The molecule has 0 fully saturated rings. The van der Waals surface area contributed by atoms with E-state index < -0.39 is 18.0 Å². The number of halogens is 3. The summed E-state index contributed by atoms with van der Waals surface area (Å²) in [6, 6.07) is 0. The Morgan fingerprint density at radius 2 is 2.27 bits per heavy atom. The molecule has 0 atom stereocenters. The molecule has 0 unspecified atom stereocenters. The first-order valence-electron chi connectivity index (χ1n) is 3.64.